The van der Waals surface area contributed by atoms with Gasteiger partial charge in [0.25, 0.3) is 0 Å². The highest BCUT2D eigenvalue weighted by Gasteiger charge is 2.09. The molecule has 0 saturated carbocycles. The summed E-state index contributed by atoms with van der Waals surface area (Å²) in [5, 5.41) is 0. The normalized spacial score (nSPS) is 11.1. The first kappa shape index (κ1) is 11.9. The van der Waals surface area contributed by atoms with Gasteiger partial charge in [0, 0.05) is 18.8 Å². The zero-order valence-electron chi connectivity index (χ0n) is 10.9. The molecule has 0 spiro atoms. The summed E-state index contributed by atoms with van der Waals surface area (Å²) in [4.78, 5) is 8.80. The monoisotopic (exact) mass is 252 g/mol. The largest absolute Gasteiger partial charge is 0.330 e. The van der Waals surface area contributed by atoms with Gasteiger partial charge in [-0.1, -0.05) is 24.3 Å². The second kappa shape index (κ2) is 4.82. The van der Waals surface area contributed by atoms with E-state index in [1.807, 2.05) is 19.3 Å². The molecular weight excluding hydrogens is 236 g/mol. The standard InChI is InChI=1S/C15H16N4/c1-19-14-10-17-9-7-13(14)18-15(19)12-4-2-11(3-5-12)6-8-16/h2-5,7,9-10H,6,8,16H2,1H3. The number of hydrogen-bond acceptors (Lipinski definition) is 3. The number of aromatic nitrogens is 3. The van der Waals surface area contributed by atoms with Crippen LogP contribution in [0, 0.1) is 0 Å². The van der Waals surface area contributed by atoms with Crippen molar-refractivity contribution in [3.63, 3.8) is 0 Å². The van der Waals surface area contributed by atoms with Crippen molar-refractivity contribution < 1.29 is 0 Å². The Morgan fingerprint density at radius 2 is 1.95 bits per heavy atom. The van der Waals surface area contributed by atoms with Crippen molar-refractivity contribution in [3.05, 3.63) is 48.3 Å². The molecule has 1 aromatic carbocycles. The van der Waals surface area contributed by atoms with Crippen LogP contribution in [0.15, 0.2) is 42.7 Å². The third-order valence-electron chi connectivity index (χ3n) is 3.33. The number of nitrogens with zero attached hydrogens (tertiary/aromatic N) is 3. The van der Waals surface area contributed by atoms with Gasteiger partial charge in [0.05, 0.1) is 17.2 Å². The van der Waals surface area contributed by atoms with E-state index in [-0.39, 0.29) is 0 Å². The molecule has 4 nitrogen and oxygen atoms in total. The van der Waals surface area contributed by atoms with Crippen LogP contribution in [0.1, 0.15) is 5.56 Å². The topological polar surface area (TPSA) is 56.7 Å². The van der Waals surface area contributed by atoms with Crippen molar-refractivity contribution in [2.24, 2.45) is 12.8 Å². The van der Waals surface area contributed by atoms with Gasteiger partial charge in [-0.15, -0.1) is 0 Å². The first-order valence-electron chi connectivity index (χ1n) is 6.35. The molecule has 0 unspecified atom stereocenters. The number of rotatable bonds is 3. The van der Waals surface area contributed by atoms with Gasteiger partial charge in [-0.25, -0.2) is 4.98 Å². The average Bonchev–Trinajstić information content (AvgIpc) is 2.78. The fraction of sp³-hybridized carbons (Fsp3) is 0.200. The third-order valence-corrected chi connectivity index (χ3v) is 3.33. The number of fused-ring (bicyclic) bond motifs is 1. The zero-order valence-corrected chi connectivity index (χ0v) is 10.9. The average molecular weight is 252 g/mol. The van der Waals surface area contributed by atoms with E-state index in [1.165, 1.54) is 5.56 Å². The lowest BCUT2D eigenvalue weighted by atomic mass is 10.1. The lowest BCUT2D eigenvalue weighted by Gasteiger charge is -2.04. The molecule has 0 saturated heterocycles. The van der Waals surface area contributed by atoms with Gasteiger partial charge in [-0.2, -0.15) is 0 Å². The minimum atomic E-state index is 0.678. The predicted octanol–water partition coefficient (Wildman–Crippen LogP) is 2.14. The summed E-state index contributed by atoms with van der Waals surface area (Å²) in [5.41, 5.74) is 9.94. The molecule has 0 bridgehead atoms. The fourth-order valence-electron chi connectivity index (χ4n) is 2.28. The molecule has 3 aromatic rings. The van der Waals surface area contributed by atoms with E-state index < -0.39 is 0 Å². The van der Waals surface area contributed by atoms with Crippen LogP contribution >= 0.6 is 0 Å². The van der Waals surface area contributed by atoms with E-state index in [4.69, 9.17) is 5.73 Å². The smallest absolute Gasteiger partial charge is 0.140 e. The van der Waals surface area contributed by atoms with Crippen molar-refractivity contribution in [1.29, 1.82) is 0 Å². The molecule has 19 heavy (non-hydrogen) atoms. The maximum atomic E-state index is 5.56. The maximum absolute atomic E-state index is 5.56. The van der Waals surface area contributed by atoms with E-state index in [9.17, 15) is 0 Å². The van der Waals surface area contributed by atoms with Gasteiger partial charge >= 0.3 is 0 Å². The highest BCUT2D eigenvalue weighted by molar-refractivity contribution is 5.79. The van der Waals surface area contributed by atoms with Crippen LogP contribution < -0.4 is 5.73 Å². The van der Waals surface area contributed by atoms with Crippen molar-refractivity contribution in [2.75, 3.05) is 6.54 Å². The zero-order chi connectivity index (χ0) is 13.2. The number of benzene rings is 1. The molecular formula is C15H16N4. The predicted molar refractivity (Wildman–Crippen MR) is 76.7 cm³/mol. The Hall–Kier alpha value is -2.20. The van der Waals surface area contributed by atoms with Crippen LogP contribution in [-0.2, 0) is 13.5 Å². The Morgan fingerprint density at radius 1 is 1.16 bits per heavy atom. The summed E-state index contributed by atoms with van der Waals surface area (Å²) >= 11 is 0. The summed E-state index contributed by atoms with van der Waals surface area (Å²) in [5.74, 6) is 0.960. The first-order valence-corrected chi connectivity index (χ1v) is 6.35. The summed E-state index contributed by atoms with van der Waals surface area (Å²) in [6.45, 7) is 0.678. The van der Waals surface area contributed by atoms with E-state index in [1.54, 1.807) is 6.20 Å². The van der Waals surface area contributed by atoms with Crippen molar-refractivity contribution >= 4 is 11.0 Å². The van der Waals surface area contributed by atoms with Gasteiger partial charge in [-0.3, -0.25) is 4.98 Å². The lowest BCUT2D eigenvalue weighted by molar-refractivity contribution is 0.952. The molecule has 0 atom stereocenters. The number of aryl methyl sites for hydroxylation is 1. The molecule has 0 radical (unpaired) electrons. The molecule has 0 aliphatic heterocycles. The Kier molecular flexibility index (Phi) is 3.01. The quantitative estimate of drug-likeness (QED) is 0.777. The summed E-state index contributed by atoms with van der Waals surface area (Å²) in [7, 11) is 2.01. The van der Waals surface area contributed by atoms with Crippen LogP contribution in [0.5, 0.6) is 0 Å². The molecule has 2 aromatic heterocycles. The molecule has 4 heteroatoms. The SMILES string of the molecule is Cn1c(-c2ccc(CCN)cc2)nc2ccncc21. The number of imidazole rings is 1. The Morgan fingerprint density at radius 3 is 2.63 bits per heavy atom. The Bertz CT molecular complexity index is 698. The van der Waals surface area contributed by atoms with E-state index in [0.717, 1.165) is 28.8 Å². The minimum Gasteiger partial charge on any atom is -0.330 e. The molecule has 0 aliphatic carbocycles. The fourth-order valence-corrected chi connectivity index (χ4v) is 2.28. The molecule has 2 heterocycles. The van der Waals surface area contributed by atoms with E-state index >= 15 is 0 Å². The number of hydrogen-bond donors (Lipinski definition) is 1. The molecule has 96 valence electrons. The number of nitrogens with two attached hydrogens (primary N) is 1. The van der Waals surface area contributed by atoms with Crippen molar-refractivity contribution in [1.82, 2.24) is 14.5 Å². The Labute approximate surface area is 111 Å². The summed E-state index contributed by atoms with van der Waals surface area (Å²) in [6.07, 6.45) is 4.52. The second-order valence-electron chi connectivity index (χ2n) is 4.59. The highest BCUT2D eigenvalue weighted by Crippen LogP contribution is 2.23. The van der Waals surface area contributed by atoms with Crippen molar-refractivity contribution in [2.45, 2.75) is 6.42 Å². The summed E-state index contributed by atoms with van der Waals surface area (Å²) < 4.78 is 2.07. The lowest BCUT2D eigenvalue weighted by Crippen LogP contribution is -2.02. The highest BCUT2D eigenvalue weighted by atomic mass is 15.1. The minimum absolute atomic E-state index is 0.678. The van der Waals surface area contributed by atoms with Crippen LogP contribution in [0.2, 0.25) is 0 Å². The van der Waals surface area contributed by atoms with Gasteiger partial charge in [0.15, 0.2) is 0 Å². The van der Waals surface area contributed by atoms with Gasteiger partial charge in [0.2, 0.25) is 0 Å². The summed E-state index contributed by atoms with van der Waals surface area (Å²) in [6, 6.07) is 10.3. The van der Waals surface area contributed by atoms with E-state index in [2.05, 4.69) is 38.8 Å². The van der Waals surface area contributed by atoms with Gasteiger partial charge in [0.1, 0.15) is 5.82 Å². The van der Waals surface area contributed by atoms with Crippen molar-refractivity contribution in [3.8, 4) is 11.4 Å². The molecule has 3 rings (SSSR count). The first-order chi connectivity index (χ1) is 9.29. The Balaban J connectivity index is 2.06. The molecule has 0 fully saturated rings. The van der Waals surface area contributed by atoms with Crippen LogP contribution in [0.4, 0.5) is 0 Å². The van der Waals surface area contributed by atoms with E-state index in [0.29, 0.717) is 6.54 Å². The third kappa shape index (κ3) is 2.11. The molecule has 0 aliphatic rings. The van der Waals surface area contributed by atoms with Crippen LogP contribution in [0.25, 0.3) is 22.4 Å². The number of pyridine rings is 1. The second-order valence-corrected chi connectivity index (χ2v) is 4.59. The molecule has 0 amide bonds. The molecule has 2 N–H and O–H groups in total. The van der Waals surface area contributed by atoms with Gasteiger partial charge < -0.3 is 10.3 Å². The van der Waals surface area contributed by atoms with Gasteiger partial charge in [-0.05, 0) is 24.6 Å². The van der Waals surface area contributed by atoms with Crippen LogP contribution in [0.3, 0.4) is 0 Å². The van der Waals surface area contributed by atoms with Crippen LogP contribution in [-0.4, -0.2) is 21.1 Å². The maximum Gasteiger partial charge on any atom is 0.140 e.